The highest BCUT2D eigenvalue weighted by Crippen LogP contribution is 2.32. The highest BCUT2D eigenvalue weighted by Gasteiger charge is 2.39. The minimum absolute atomic E-state index is 0.178. The Balaban J connectivity index is 1.60. The summed E-state index contributed by atoms with van der Waals surface area (Å²) in [7, 11) is 0. The molecule has 1 amide bonds. The largest absolute Gasteiger partial charge is 0.371 e. The van der Waals surface area contributed by atoms with Crippen LogP contribution in [0.25, 0.3) is 0 Å². The molecule has 3 nitrogen and oxygen atoms in total. The van der Waals surface area contributed by atoms with Crippen LogP contribution in [0, 0.1) is 5.92 Å². The van der Waals surface area contributed by atoms with Crippen LogP contribution in [0.15, 0.2) is 43.0 Å². The van der Waals surface area contributed by atoms with E-state index < -0.39 is 0 Å². The molecular formula is C18H23NO2. The van der Waals surface area contributed by atoms with Crippen LogP contribution in [0.3, 0.4) is 0 Å². The van der Waals surface area contributed by atoms with Crippen LogP contribution >= 0.6 is 0 Å². The molecule has 1 aromatic carbocycles. The van der Waals surface area contributed by atoms with Gasteiger partial charge in [-0.25, -0.2) is 0 Å². The maximum absolute atomic E-state index is 12.2. The van der Waals surface area contributed by atoms with Crippen molar-refractivity contribution in [2.45, 2.75) is 44.4 Å². The molecule has 112 valence electrons. The van der Waals surface area contributed by atoms with Gasteiger partial charge in [0.25, 0.3) is 0 Å². The molecule has 3 rings (SSSR count). The fraction of sp³-hybridized carbons (Fsp3) is 0.500. The summed E-state index contributed by atoms with van der Waals surface area (Å²) >= 11 is 0. The van der Waals surface area contributed by atoms with Crippen molar-refractivity contribution in [2.75, 3.05) is 6.54 Å². The van der Waals surface area contributed by atoms with Crippen molar-refractivity contribution in [1.29, 1.82) is 0 Å². The number of rotatable bonds is 5. The number of hydrogen-bond acceptors (Lipinski definition) is 2. The maximum atomic E-state index is 12.2. The highest BCUT2D eigenvalue weighted by molar-refractivity contribution is 5.79. The number of nitrogens with zero attached hydrogens (tertiary/aromatic N) is 1. The van der Waals surface area contributed by atoms with Gasteiger partial charge in [-0.1, -0.05) is 36.4 Å². The zero-order chi connectivity index (χ0) is 14.7. The van der Waals surface area contributed by atoms with E-state index >= 15 is 0 Å². The molecule has 21 heavy (non-hydrogen) atoms. The number of ether oxygens (including phenoxy) is 1. The maximum Gasteiger partial charge on any atom is 0.223 e. The van der Waals surface area contributed by atoms with E-state index in [0.29, 0.717) is 18.9 Å². The molecule has 3 atom stereocenters. The average Bonchev–Trinajstić information content (AvgIpc) is 3.12. The number of amides is 1. The van der Waals surface area contributed by atoms with E-state index in [1.807, 2.05) is 29.2 Å². The Morgan fingerprint density at radius 1 is 1.29 bits per heavy atom. The third-order valence-corrected chi connectivity index (χ3v) is 4.65. The summed E-state index contributed by atoms with van der Waals surface area (Å²) in [5.74, 6) is 0.577. The summed E-state index contributed by atoms with van der Waals surface area (Å²) in [5.41, 5.74) is 1.19. The van der Waals surface area contributed by atoms with Crippen molar-refractivity contribution >= 4 is 5.91 Å². The van der Waals surface area contributed by atoms with Gasteiger partial charge in [0, 0.05) is 18.9 Å². The van der Waals surface area contributed by atoms with E-state index in [9.17, 15) is 4.79 Å². The van der Waals surface area contributed by atoms with Gasteiger partial charge < -0.3 is 9.64 Å². The second kappa shape index (κ2) is 6.44. The number of benzene rings is 1. The van der Waals surface area contributed by atoms with Crippen molar-refractivity contribution < 1.29 is 9.53 Å². The van der Waals surface area contributed by atoms with Gasteiger partial charge in [0.05, 0.1) is 18.8 Å². The zero-order valence-electron chi connectivity index (χ0n) is 12.4. The van der Waals surface area contributed by atoms with E-state index in [4.69, 9.17) is 4.74 Å². The molecule has 3 heteroatoms. The second-order valence-electron chi connectivity index (χ2n) is 6.08. The second-order valence-corrected chi connectivity index (χ2v) is 6.08. The molecule has 0 radical (unpaired) electrons. The fourth-order valence-electron chi connectivity index (χ4n) is 3.47. The Morgan fingerprint density at radius 3 is 2.81 bits per heavy atom. The standard InChI is InChI=1S/C18H23NO2/c1-2-14-11-18(20)19(12-14)16-9-6-10-17(16)21-13-15-7-4-3-5-8-15/h2-5,7-8,14,16-17H,1,6,9-13H2. The van der Waals surface area contributed by atoms with Gasteiger partial charge in [-0.05, 0) is 24.8 Å². The summed E-state index contributed by atoms with van der Waals surface area (Å²) in [6, 6.07) is 10.5. The Labute approximate surface area is 126 Å². The monoisotopic (exact) mass is 285 g/mol. The first-order chi connectivity index (χ1) is 10.3. The molecule has 3 unspecified atom stereocenters. The minimum Gasteiger partial charge on any atom is -0.371 e. The lowest BCUT2D eigenvalue weighted by molar-refractivity contribution is -0.132. The summed E-state index contributed by atoms with van der Waals surface area (Å²) in [5, 5.41) is 0. The summed E-state index contributed by atoms with van der Waals surface area (Å²) in [4.78, 5) is 14.2. The quantitative estimate of drug-likeness (QED) is 0.778. The van der Waals surface area contributed by atoms with Gasteiger partial charge >= 0.3 is 0 Å². The number of carbonyl (C=O) groups is 1. The molecule has 0 spiro atoms. The van der Waals surface area contributed by atoms with Gasteiger partial charge in [-0.2, -0.15) is 0 Å². The molecule has 2 aliphatic rings. The fourth-order valence-corrected chi connectivity index (χ4v) is 3.47. The normalized spacial score (nSPS) is 29.0. The van der Waals surface area contributed by atoms with Crippen LogP contribution in [0.4, 0.5) is 0 Å². The smallest absolute Gasteiger partial charge is 0.223 e. The van der Waals surface area contributed by atoms with Crippen molar-refractivity contribution in [2.24, 2.45) is 5.92 Å². The highest BCUT2D eigenvalue weighted by atomic mass is 16.5. The lowest BCUT2D eigenvalue weighted by atomic mass is 10.1. The van der Waals surface area contributed by atoms with E-state index in [0.717, 1.165) is 25.8 Å². The third-order valence-electron chi connectivity index (χ3n) is 4.65. The summed E-state index contributed by atoms with van der Waals surface area (Å²) in [6.45, 7) is 5.27. The molecule has 0 bridgehead atoms. The molecule has 1 saturated heterocycles. The first-order valence-electron chi connectivity index (χ1n) is 7.85. The molecule has 1 aromatic rings. The Hall–Kier alpha value is -1.61. The van der Waals surface area contributed by atoms with Gasteiger partial charge in [0.15, 0.2) is 0 Å². The van der Waals surface area contributed by atoms with E-state index in [1.165, 1.54) is 5.56 Å². The van der Waals surface area contributed by atoms with E-state index in [1.54, 1.807) is 0 Å². The SMILES string of the molecule is C=CC1CC(=O)N(C2CCCC2OCc2ccccc2)C1. The first kappa shape index (κ1) is 14.3. The van der Waals surface area contributed by atoms with Crippen molar-refractivity contribution in [3.63, 3.8) is 0 Å². The molecule has 1 heterocycles. The van der Waals surface area contributed by atoms with Crippen molar-refractivity contribution in [1.82, 2.24) is 4.90 Å². The van der Waals surface area contributed by atoms with Crippen LogP contribution in [-0.2, 0) is 16.1 Å². The van der Waals surface area contributed by atoms with Gasteiger partial charge in [0.1, 0.15) is 0 Å². The van der Waals surface area contributed by atoms with Crippen molar-refractivity contribution in [3.05, 3.63) is 48.6 Å². The number of hydrogen-bond donors (Lipinski definition) is 0. The van der Waals surface area contributed by atoms with Gasteiger partial charge in [-0.15, -0.1) is 6.58 Å². The van der Waals surface area contributed by atoms with Gasteiger partial charge in [0.2, 0.25) is 5.91 Å². The molecule has 2 fully saturated rings. The van der Waals surface area contributed by atoms with Crippen LogP contribution in [0.2, 0.25) is 0 Å². The topological polar surface area (TPSA) is 29.5 Å². The molecular weight excluding hydrogens is 262 g/mol. The predicted molar refractivity (Wildman–Crippen MR) is 82.7 cm³/mol. The number of likely N-dealkylation sites (tertiary alicyclic amines) is 1. The van der Waals surface area contributed by atoms with Crippen LogP contribution in [0.1, 0.15) is 31.2 Å². The average molecular weight is 285 g/mol. The number of carbonyl (C=O) groups excluding carboxylic acids is 1. The van der Waals surface area contributed by atoms with Crippen LogP contribution in [-0.4, -0.2) is 29.5 Å². The minimum atomic E-state index is 0.178. The zero-order valence-corrected chi connectivity index (χ0v) is 12.4. The first-order valence-corrected chi connectivity index (χ1v) is 7.85. The molecule has 0 aromatic heterocycles. The molecule has 1 aliphatic heterocycles. The Bertz CT molecular complexity index is 499. The van der Waals surface area contributed by atoms with Gasteiger partial charge in [-0.3, -0.25) is 4.79 Å². The van der Waals surface area contributed by atoms with Crippen LogP contribution in [0.5, 0.6) is 0 Å². The van der Waals surface area contributed by atoms with Crippen LogP contribution < -0.4 is 0 Å². The predicted octanol–water partition coefficient (Wildman–Crippen LogP) is 3.16. The third kappa shape index (κ3) is 3.18. The summed E-state index contributed by atoms with van der Waals surface area (Å²) in [6.07, 6.45) is 5.97. The lowest BCUT2D eigenvalue weighted by Crippen LogP contribution is -2.42. The molecule has 1 saturated carbocycles. The molecule has 0 N–H and O–H groups in total. The summed E-state index contributed by atoms with van der Waals surface area (Å²) < 4.78 is 6.11. The lowest BCUT2D eigenvalue weighted by Gasteiger charge is -2.29. The Morgan fingerprint density at radius 2 is 2.10 bits per heavy atom. The molecule has 1 aliphatic carbocycles. The van der Waals surface area contributed by atoms with E-state index in [2.05, 4.69) is 18.7 Å². The van der Waals surface area contributed by atoms with Crippen molar-refractivity contribution in [3.8, 4) is 0 Å². The Kier molecular flexibility index (Phi) is 4.39. The van der Waals surface area contributed by atoms with E-state index in [-0.39, 0.29) is 18.1 Å².